The largest absolute Gasteiger partial charge is 0.468 e. The van der Waals surface area contributed by atoms with Crippen LogP contribution in [-0.2, 0) is 34.8 Å². The highest BCUT2D eigenvalue weighted by Gasteiger charge is 2.49. The van der Waals surface area contributed by atoms with E-state index >= 15 is 0 Å². The zero-order chi connectivity index (χ0) is 30.0. The number of aliphatic hydroxyl groups is 2. The molecule has 0 aliphatic carbocycles. The van der Waals surface area contributed by atoms with Gasteiger partial charge in [0.2, 0.25) is 0 Å². The van der Waals surface area contributed by atoms with Crippen LogP contribution in [-0.4, -0.2) is 106 Å². The van der Waals surface area contributed by atoms with Crippen LogP contribution < -0.4 is 16.6 Å². The van der Waals surface area contributed by atoms with Gasteiger partial charge in [0.1, 0.15) is 54.8 Å². The van der Waals surface area contributed by atoms with Crippen LogP contribution in [0.3, 0.4) is 0 Å². The first kappa shape index (κ1) is 29.6. The molecule has 0 radical (unpaired) electrons. The lowest BCUT2D eigenvalue weighted by Gasteiger charge is -2.28. The number of rotatable bonds is 12. The molecule has 4 aromatic rings. The van der Waals surface area contributed by atoms with E-state index in [4.69, 9.17) is 30.2 Å². The van der Waals surface area contributed by atoms with Crippen molar-refractivity contribution in [3.63, 3.8) is 0 Å². The first-order valence-corrected chi connectivity index (χ1v) is 14.5. The van der Waals surface area contributed by atoms with Gasteiger partial charge in [-0.05, 0) is 6.92 Å². The summed E-state index contributed by atoms with van der Waals surface area (Å²) in [5.74, 6) is -0.349. The Hall–Kier alpha value is -3.84. The molecule has 5 heterocycles. The number of hydrogen-bond donors (Lipinski definition) is 5. The fourth-order valence-corrected chi connectivity index (χ4v) is 6.51. The average Bonchev–Trinajstić information content (AvgIpc) is 3.67. The van der Waals surface area contributed by atoms with Crippen LogP contribution >= 0.6 is 7.52 Å². The second-order valence-electron chi connectivity index (χ2n) is 9.35. The van der Waals surface area contributed by atoms with Gasteiger partial charge in [0.25, 0.3) is 7.52 Å². The second-order valence-corrected chi connectivity index (χ2v) is 11.6. The number of aromatic nitrogens is 8. The molecule has 42 heavy (non-hydrogen) atoms. The van der Waals surface area contributed by atoms with Gasteiger partial charge in [-0.25, -0.2) is 35.0 Å². The maximum absolute atomic E-state index is 14.1. The highest BCUT2D eigenvalue weighted by atomic mass is 31.2. The number of anilines is 2. The van der Waals surface area contributed by atoms with Gasteiger partial charge in [-0.15, -0.1) is 0 Å². The molecule has 1 aliphatic rings. The second kappa shape index (κ2) is 12.2. The zero-order valence-electron chi connectivity index (χ0n) is 22.5. The number of ether oxygens (including phenoxy) is 3. The van der Waals surface area contributed by atoms with Crippen LogP contribution in [0, 0.1) is 0 Å². The Bertz CT molecular complexity index is 1620. The number of nitrogens with two attached hydrogens (primary N) is 2. The fraction of sp³-hybridized carbons (Fsp3) is 0.500. The Labute approximate surface area is 237 Å². The number of methoxy groups -OCH3 is 1. The molecule has 5 rings (SSSR count). The third kappa shape index (κ3) is 5.75. The van der Waals surface area contributed by atoms with E-state index in [0.717, 1.165) is 0 Å². The van der Waals surface area contributed by atoms with E-state index in [1.807, 2.05) is 0 Å². The topological polar surface area (TPSA) is 263 Å². The zero-order valence-corrected chi connectivity index (χ0v) is 23.4. The maximum atomic E-state index is 14.1. The minimum Gasteiger partial charge on any atom is -0.468 e. The summed E-state index contributed by atoms with van der Waals surface area (Å²) in [4.78, 5) is 36.6. The van der Waals surface area contributed by atoms with E-state index in [1.165, 1.54) is 43.9 Å². The molecule has 0 aromatic carbocycles. The number of aliphatic hydroxyl groups excluding tert-OH is 2. The third-order valence-corrected chi connectivity index (χ3v) is 8.71. The van der Waals surface area contributed by atoms with Crippen molar-refractivity contribution < 1.29 is 38.3 Å². The van der Waals surface area contributed by atoms with Crippen LogP contribution in [0.15, 0.2) is 25.3 Å². The van der Waals surface area contributed by atoms with Gasteiger partial charge in [0, 0.05) is 0 Å². The van der Waals surface area contributed by atoms with Crippen molar-refractivity contribution in [1.82, 2.24) is 44.1 Å². The van der Waals surface area contributed by atoms with E-state index in [9.17, 15) is 19.6 Å². The quantitative estimate of drug-likeness (QED) is 0.0718. The molecular weight excluding hydrogens is 577 g/mol. The van der Waals surface area contributed by atoms with Crippen LogP contribution in [0.25, 0.3) is 22.3 Å². The maximum Gasteiger partial charge on any atom is 0.323 e. The number of fused-ring (bicyclic) bond motifs is 2. The number of nitrogens with zero attached hydrogens (tertiary/aromatic N) is 8. The molecule has 7 N–H and O–H groups in total. The summed E-state index contributed by atoms with van der Waals surface area (Å²) in [7, 11) is -2.78. The van der Waals surface area contributed by atoms with Gasteiger partial charge >= 0.3 is 5.97 Å². The molecule has 0 saturated carbocycles. The van der Waals surface area contributed by atoms with Gasteiger partial charge in [0.15, 0.2) is 29.2 Å². The van der Waals surface area contributed by atoms with Crippen molar-refractivity contribution in [3.05, 3.63) is 25.3 Å². The molecule has 226 valence electrons. The predicted octanol–water partition coefficient (Wildman–Crippen LogP) is -1.22. The molecule has 1 saturated heterocycles. The number of carbonyl (C=O) groups excluding carboxylic acids is 1. The molecule has 1 fully saturated rings. The minimum absolute atomic E-state index is 0.0191. The summed E-state index contributed by atoms with van der Waals surface area (Å²) in [6.07, 6.45) is 0.150. The standard InChI is InChI=1S/C22H30N11O8P/c1-11(22(36)38-2)31-42(37,4-3-39-10-32-8-29-13-17(23)25-6-27-19(13)32)41-16-12(5-34)40-21(15(16)35)33-9-30-14-18(24)26-7-28-20(14)33/h6-9,11-12,15-16,21,34-35H,3-5,10H2,1-2H3,(H,31,37)(H2,23,25,27)(H2,24,26,28)/t11?,12-,15+,16-,21-,42?/m1/s1. The highest BCUT2D eigenvalue weighted by Crippen LogP contribution is 2.48. The Morgan fingerprint density at radius 3 is 2.48 bits per heavy atom. The molecular formula is C22H30N11O8P. The van der Waals surface area contributed by atoms with E-state index in [-0.39, 0.29) is 42.3 Å². The number of hydrogen-bond acceptors (Lipinski definition) is 16. The van der Waals surface area contributed by atoms with Gasteiger partial charge in [0.05, 0.1) is 39.1 Å². The normalized spacial score (nSPS) is 22.9. The summed E-state index contributed by atoms with van der Waals surface area (Å²) < 4.78 is 39.3. The van der Waals surface area contributed by atoms with Crippen molar-refractivity contribution in [2.75, 3.05) is 38.0 Å². The van der Waals surface area contributed by atoms with Crippen molar-refractivity contribution in [3.8, 4) is 0 Å². The van der Waals surface area contributed by atoms with E-state index in [2.05, 4.69) is 35.0 Å². The number of imidazole rings is 2. The molecule has 2 unspecified atom stereocenters. The molecule has 1 aliphatic heterocycles. The van der Waals surface area contributed by atoms with E-state index in [0.29, 0.717) is 11.2 Å². The first-order valence-electron chi connectivity index (χ1n) is 12.6. The molecule has 20 heteroatoms. The van der Waals surface area contributed by atoms with Crippen LogP contribution in [0.2, 0.25) is 0 Å². The lowest BCUT2D eigenvalue weighted by atomic mass is 10.1. The Balaban J connectivity index is 1.32. The van der Waals surface area contributed by atoms with Gasteiger partial charge < -0.3 is 40.4 Å². The molecule has 0 amide bonds. The number of carbonyl (C=O) groups is 1. The van der Waals surface area contributed by atoms with Gasteiger partial charge in [-0.3, -0.25) is 18.5 Å². The summed E-state index contributed by atoms with van der Waals surface area (Å²) >= 11 is 0. The van der Waals surface area contributed by atoms with Crippen LogP contribution in [0.5, 0.6) is 0 Å². The first-order chi connectivity index (χ1) is 20.2. The summed E-state index contributed by atoms with van der Waals surface area (Å²) in [6.45, 7) is 0.732. The SMILES string of the molecule is COC(=O)C(C)NP(=O)(CCOCn1cnc2c(N)ncnc21)O[C@H]1[C@H](O)[C@H](n2cnc3c(N)ncnc32)O[C@@H]1CO. The summed E-state index contributed by atoms with van der Waals surface area (Å²) in [5.41, 5.74) is 13.1. The highest BCUT2D eigenvalue weighted by molar-refractivity contribution is 7.57. The van der Waals surface area contributed by atoms with Crippen molar-refractivity contribution in [1.29, 1.82) is 0 Å². The van der Waals surface area contributed by atoms with Crippen LogP contribution in [0.4, 0.5) is 11.6 Å². The average molecular weight is 608 g/mol. The number of nitrogens with one attached hydrogen (secondary N) is 1. The van der Waals surface area contributed by atoms with Crippen molar-refractivity contribution in [2.45, 2.75) is 44.2 Å². The molecule has 0 spiro atoms. The summed E-state index contributed by atoms with van der Waals surface area (Å²) in [5, 5.41) is 23.9. The lowest BCUT2D eigenvalue weighted by Crippen LogP contribution is -2.40. The van der Waals surface area contributed by atoms with Crippen molar-refractivity contribution >= 4 is 47.5 Å². The Morgan fingerprint density at radius 2 is 1.79 bits per heavy atom. The predicted molar refractivity (Wildman–Crippen MR) is 144 cm³/mol. The summed E-state index contributed by atoms with van der Waals surface area (Å²) in [6, 6.07) is -1.04. The van der Waals surface area contributed by atoms with E-state index < -0.39 is 50.7 Å². The smallest absolute Gasteiger partial charge is 0.323 e. The molecule has 4 aromatic heterocycles. The Morgan fingerprint density at radius 1 is 1.12 bits per heavy atom. The Kier molecular flexibility index (Phi) is 8.60. The minimum atomic E-state index is -3.97. The van der Waals surface area contributed by atoms with Crippen molar-refractivity contribution in [2.24, 2.45) is 0 Å². The third-order valence-electron chi connectivity index (χ3n) is 6.58. The monoisotopic (exact) mass is 607 g/mol. The van der Waals surface area contributed by atoms with E-state index in [1.54, 1.807) is 4.57 Å². The molecule has 19 nitrogen and oxygen atoms in total. The fourth-order valence-electron chi connectivity index (χ4n) is 4.49. The lowest BCUT2D eigenvalue weighted by molar-refractivity contribution is -0.142. The number of nitrogen functional groups attached to an aromatic ring is 2. The van der Waals surface area contributed by atoms with Gasteiger partial charge in [-0.1, -0.05) is 0 Å². The molecule has 6 atom stereocenters. The van der Waals surface area contributed by atoms with Gasteiger partial charge in [-0.2, -0.15) is 0 Å². The molecule has 0 bridgehead atoms. The number of esters is 1. The van der Waals surface area contributed by atoms with Crippen LogP contribution in [0.1, 0.15) is 13.2 Å².